The molecule has 0 unspecified atom stereocenters. The van der Waals surface area contributed by atoms with Gasteiger partial charge in [-0.3, -0.25) is 4.90 Å². The second-order valence-corrected chi connectivity index (χ2v) is 6.87. The van der Waals surface area contributed by atoms with Gasteiger partial charge >= 0.3 is 0 Å². The zero-order valence-corrected chi connectivity index (χ0v) is 13.7. The molecule has 0 amide bonds. The molecule has 0 aliphatic carbocycles. The molecule has 0 atom stereocenters. The molecule has 4 heteroatoms. The van der Waals surface area contributed by atoms with E-state index < -0.39 is 0 Å². The Morgan fingerprint density at radius 2 is 1.74 bits per heavy atom. The highest BCUT2D eigenvalue weighted by Gasteiger charge is 2.37. The van der Waals surface area contributed by atoms with Gasteiger partial charge in [0.2, 0.25) is 0 Å². The summed E-state index contributed by atoms with van der Waals surface area (Å²) in [5.74, 6) is 0.699. The summed E-state index contributed by atoms with van der Waals surface area (Å²) in [5, 5.41) is 0. The van der Waals surface area contributed by atoms with Crippen molar-refractivity contribution in [1.29, 1.82) is 0 Å². The van der Waals surface area contributed by atoms with Crippen molar-refractivity contribution in [3.8, 4) is 0 Å². The van der Waals surface area contributed by atoms with Gasteiger partial charge in [0, 0.05) is 31.7 Å². The smallest absolute Gasteiger partial charge is 0.0356 e. The molecule has 0 bridgehead atoms. The first-order valence-electron chi connectivity index (χ1n) is 7.68. The molecule has 114 valence electrons. The van der Waals surface area contributed by atoms with Gasteiger partial charge in [-0.15, -0.1) is 0 Å². The molecule has 0 aromatic heterocycles. The lowest BCUT2D eigenvalue weighted by molar-refractivity contribution is 0.0215. The van der Waals surface area contributed by atoms with E-state index in [-0.39, 0.29) is 5.54 Å². The maximum Gasteiger partial charge on any atom is 0.0356 e. The number of rotatable bonds is 7. The van der Waals surface area contributed by atoms with Crippen LogP contribution < -0.4 is 5.73 Å². The van der Waals surface area contributed by atoms with Crippen LogP contribution in [0.4, 0.5) is 0 Å². The molecule has 1 fully saturated rings. The molecular formula is C15H34N4. The third-order valence-corrected chi connectivity index (χ3v) is 4.37. The minimum atomic E-state index is 0.229. The maximum atomic E-state index is 6.19. The number of likely N-dealkylation sites (N-methyl/N-ethyl adjacent to an activating group) is 1. The van der Waals surface area contributed by atoms with Crippen LogP contribution in [0.3, 0.4) is 0 Å². The van der Waals surface area contributed by atoms with E-state index in [4.69, 9.17) is 5.73 Å². The molecule has 0 aromatic rings. The van der Waals surface area contributed by atoms with Crippen molar-refractivity contribution < 1.29 is 0 Å². The summed E-state index contributed by atoms with van der Waals surface area (Å²) in [7, 11) is 6.52. The van der Waals surface area contributed by atoms with Crippen LogP contribution in [0.25, 0.3) is 0 Å². The number of nitrogens with two attached hydrogens (primary N) is 1. The minimum Gasteiger partial charge on any atom is -0.329 e. The fourth-order valence-electron chi connectivity index (χ4n) is 2.97. The van der Waals surface area contributed by atoms with Crippen molar-refractivity contribution in [2.75, 3.05) is 60.4 Å². The van der Waals surface area contributed by atoms with Crippen LogP contribution in [0.1, 0.15) is 26.7 Å². The van der Waals surface area contributed by atoms with Crippen molar-refractivity contribution in [2.24, 2.45) is 11.7 Å². The molecule has 1 heterocycles. The van der Waals surface area contributed by atoms with Crippen molar-refractivity contribution in [2.45, 2.75) is 32.2 Å². The van der Waals surface area contributed by atoms with E-state index in [1.165, 1.54) is 25.9 Å². The normalized spacial score (nSPS) is 20.7. The van der Waals surface area contributed by atoms with Crippen molar-refractivity contribution >= 4 is 0 Å². The van der Waals surface area contributed by atoms with Gasteiger partial charge in [0.25, 0.3) is 0 Å². The molecule has 19 heavy (non-hydrogen) atoms. The summed E-state index contributed by atoms with van der Waals surface area (Å²) in [4.78, 5) is 7.37. The average Bonchev–Trinajstić information content (AvgIpc) is 2.35. The summed E-state index contributed by atoms with van der Waals surface area (Å²) in [6, 6.07) is 0. The van der Waals surface area contributed by atoms with Gasteiger partial charge in [-0.05, 0) is 53.0 Å². The minimum absolute atomic E-state index is 0.229. The van der Waals surface area contributed by atoms with Gasteiger partial charge in [-0.25, -0.2) is 0 Å². The van der Waals surface area contributed by atoms with Crippen molar-refractivity contribution in [3.05, 3.63) is 0 Å². The Morgan fingerprint density at radius 3 is 2.16 bits per heavy atom. The number of nitrogens with zero attached hydrogens (tertiary/aromatic N) is 3. The van der Waals surface area contributed by atoms with E-state index in [2.05, 4.69) is 49.7 Å². The largest absolute Gasteiger partial charge is 0.329 e. The van der Waals surface area contributed by atoms with Crippen LogP contribution in [0.2, 0.25) is 0 Å². The van der Waals surface area contributed by atoms with Crippen LogP contribution in [0.5, 0.6) is 0 Å². The zero-order valence-electron chi connectivity index (χ0n) is 13.7. The quantitative estimate of drug-likeness (QED) is 0.746. The molecule has 1 rings (SSSR count). The number of hydrogen-bond acceptors (Lipinski definition) is 4. The first-order valence-corrected chi connectivity index (χ1v) is 7.68. The van der Waals surface area contributed by atoms with Gasteiger partial charge < -0.3 is 15.5 Å². The third-order valence-electron chi connectivity index (χ3n) is 4.37. The van der Waals surface area contributed by atoms with Crippen LogP contribution in [-0.2, 0) is 0 Å². The predicted molar refractivity (Wildman–Crippen MR) is 83.5 cm³/mol. The Hall–Kier alpha value is -0.160. The Balaban J connectivity index is 2.73. The number of hydrogen-bond donors (Lipinski definition) is 1. The average molecular weight is 270 g/mol. The molecule has 1 saturated heterocycles. The van der Waals surface area contributed by atoms with Crippen LogP contribution in [0.15, 0.2) is 0 Å². The summed E-state index contributed by atoms with van der Waals surface area (Å²) in [5.41, 5.74) is 6.42. The van der Waals surface area contributed by atoms with E-state index in [1.54, 1.807) is 0 Å². The lowest BCUT2D eigenvalue weighted by atomic mass is 9.85. The molecular weight excluding hydrogens is 236 g/mol. The lowest BCUT2D eigenvalue weighted by Gasteiger charge is -2.49. The summed E-state index contributed by atoms with van der Waals surface area (Å²) in [6.45, 7) is 11.2. The Morgan fingerprint density at radius 1 is 1.16 bits per heavy atom. The maximum absolute atomic E-state index is 6.19. The Kier molecular flexibility index (Phi) is 6.74. The Bertz CT molecular complexity index is 245. The molecule has 0 aromatic carbocycles. The fraction of sp³-hybridized carbons (Fsp3) is 1.00. The molecule has 4 nitrogen and oxygen atoms in total. The van der Waals surface area contributed by atoms with E-state index in [9.17, 15) is 0 Å². The van der Waals surface area contributed by atoms with Crippen molar-refractivity contribution in [1.82, 2.24) is 14.7 Å². The van der Waals surface area contributed by atoms with E-state index in [1.807, 2.05) is 0 Å². The van der Waals surface area contributed by atoms with Crippen LogP contribution in [-0.4, -0.2) is 80.7 Å². The first kappa shape index (κ1) is 16.9. The highest BCUT2D eigenvalue weighted by molar-refractivity contribution is 4.96. The predicted octanol–water partition coefficient (Wildman–Crippen LogP) is 0.929. The molecule has 1 aliphatic rings. The van der Waals surface area contributed by atoms with Crippen molar-refractivity contribution in [3.63, 3.8) is 0 Å². The number of piperidine rings is 1. The SMILES string of the molecule is CC(C)CN(CCN(C)C)C1(CN)CCN(C)CC1. The first-order chi connectivity index (χ1) is 8.89. The van der Waals surface area contributed by atoms with E-state index >= 15 is 0 Å². The third kappa shape index (κ3) is 5.03. The second kappa shape index (κ2) is 7.58. The highest BCUT2D eigenvalue weighted by atomic mass is 15.3. The standard InChI is InChI=1S/C15H34N4/c1-14(2)12-19(11-10-17(3)4)15(13-16)6-8-18(5)9-7-15/h14H,6-13,16H2,1-5H3. The Labute approximate surface area is 119 Å². The van der Waals surface area contributed by atoms with E-state index in [0.717, 1.165) is 26.2 Å². The van der Waals surface area contributed by atoms with Crippen LogP contribution in [0, 0.1) is 5.92 Å². The van der Waals surface area contributed by atoms with Gasteiger partial charge in [0.1, 0.15) is 0 Å². The fourth-order valence-corrected chi connectivity index (χ4v) is 2.97. The zero-order chi connectivity index (χ0) is 14.5. The second-order valence-electron chi connectivity index (χ2n) is 6.87. The summed E-state index contributed by atoms with van der Waals surface area (Å²) in [6.07, 6.45) is 2.42. The molecule has 0 spiro atoms. The molecule has 1 aliphatic heterocycles. The molecule has 0 radical (unpaired) electrons. The van der Waals surface area contributed by atoms with Gasteiger partial charge in [0.15, 0.2) is 0 Å². The monoisotopic (exact) mass is 270 g/mol. The lowest BCUT2D eigenvalue weighted by Crippen LogP contribution is -2.60. The molecule has 2 N–H and O–H groups in total. The summed E-state index contributed by atoms with van der Waals surface area (Å²) >= 11 is 0. The van der Waals surface area contributed by atoms with Gasteiger partial charge in [0.05, 0.1) is 0 Å². The van der Waals surface area contributed by atoms with E-state index in [0.29, 0.717) is 5.92 Å². The van der Waals surface area contributed by atoms with Gasteiger partial charge in [-0.1, -0.05) is 13.8 Å². The number of likely N-dealkylation sites (tertiary alicyclic amines) is 1. The topological polar surface area (TPSA) is 35.7 Å². The highest BCUT2D eigenvalue weighted by Crippen LogP contribution is 2.28. The summed E-state index contributed by atoms with van der Waals surface area (Å²) < 4.78 is 0. The van der Waals surface area contributed by atoms with Crippen LogP contribution >= 0.6 is 0 Å². The van der Waals surface area contributed by atoms with Gasteiger partial charge in [-0.2, -0.15) is 0 Å². The molecule has 0 saturated carbocycles.